The van der Waals surface area contributed by atoms with Crippen molar-refractivity contribution in [1.29, 1.82) is 5.26 Å². The molecule has 0 aliphatic heterocycles. The molecule has 0 saturated heterocycles. The first-order chi connectivity index (χ1) is 18.7. The highest BCUT2D eigenvalue weighted by Crippen LogP contribution is 2.42. The van der Waals surface area contributed by atoms with E-state index in [0.717, 1.165) is 11.2 Å². The van der Waals surface area contributed by atoms with Crippen molar-refractivity contribution in [2.24, 2.45) is 11.7 Å². The first-order valence-corrected chi connectivity index (χ1v) is 14.6. The lowest BCUT2D eigenvalue weighted by molar-refractivity contribution is -0.197. The van der Waals surface area contributed by atoms with E-state index in [1.165, 1.54) is 36.4 Å². The van der Waals surface area contributed by atoms with Gasteiger partial charge in [-0.1, -0.05) is 80.6 Å². The van der Waals surface area contributed by atoms with Crippen molar-refractivity contribution in [3.8, 4) is 17.2 Å². The molecule has 0 unspecified atom stereocenters. The smallest absolute Gasteiger partial charge is 0.368 e. The minimum absolute atomic E-state index is 0.0312. The molecule has 0 aliphatic rings. The fourth-order valence-electron chi connectivity index (χ4n) is 4.75. The number of alkyl halides is 3. The molecule has 0 heterocycles. The molecule has 3 aromatic carbocycles. The Labute approximate surface area is 233 Å². The van der Waals surface area contributed by atoms with Gasteiger partial charge in [-0.25, -0.2) is 8.42 Å². The average molecular weight is 572 g/mol. The molecule has 40 heavy (non-hydrogen) atoms. The van der Waals surface area contributed by atoms with E-state index in [0.29, 0.717) is 16.7 Å². The summed E-state index contributed by atoms with van der Waals surface area (Å²) in [5.41, 5.74) is 7.37. The number of nitrogens with two attached hydrogens (primary N) is 1. The summed E-state index contributed by atoms with van der Waals surface area (Å²) < 4.78 is 68.1. The third-order valence-corrected chi connectivity index (χ3v) is 7.74. The molecular weight excluding hydrogens is 539 g/mol. The molecule has 0 bridgehead atoms. The maximum atomic E-state index is 14.9. The number of carbonyl (C=O) groups excluding carboxylic acids is 1. The molecule has 0 aromatic heterocycles. The van der Waals surface area contributed by atoms with Crippen LogP contribution in [0, 0.1) is 17.2 Å². The molecule has 0 radical (unpaired) electrons. The Morgan fingerprint density at radius 2 is 1.48 bits per heavy atom. The lowest BCUT2D eigenvalue weighted by Gasteiger charge is -2.41. The van der Waals surface area contributed by atoms with Crippen LogP contribution in [0.1, 0.15) is 37.4 Å². The number of carbonyl (C=O) groups is 1. The summed E-state index contributed by atoms with van der Waals surface area (Å²) in [6.07, 6.45) is -3.74. The number of nitrogens with zero attached hydrogens (tertiary/aromatic N) is 2. The van der Waals surface area contributed by atoms with E-state index in [-0.39, 0.29) is 29.2 Å². The van der Waals surface area contributed by atoms with Crippen molar-refractivity contribution in [3.63, 3.8) is 0 Å². The van der Waals surface area contributed by atoms with Gasteiger partial charge in [0.05, 0.1) is 17.0 Å². The van der Waals surface area contributed by atoms with E-state index >= 15 is 0 Å². The maximum absolute atomic E-state index is 14.9. The second-order valence-electron chi connectivity index (χ2n) is 10.2. The zero-order valence-corrected chi connectivity index (χ0v) is 23.3. The van der Waals surface area contributed by atoms with Crippen molar-refractivity contribution in [2.75, 3.05) is 6.26 Å². The first-order valence-electron chi connectivity index (χ1n) is 12.7. The van der Waals surface area contributed by atoms with Gasteiger partial charge in [0.1, 0.15) is 12.1 Å². The number of benzene rings is 3. The predicted molar refractivity (Wildman–Crippen MR) is 148 cm³/mol. The molecule has 3 aromatic rings. The van der Waals surface area contributed by atoms with Crippen molar-refractivity contribution in [3.05, 3.63) is 90.0 Å². The summed E-state index contributed by atoms with van der Waals surface area (Å²) in [5, 5.41) is 10.1. The third kappa shape index (κ3) is 7.71. The summed E-state index contributed by atoms with van der Waals surface area (Å²) in [4.78, 5) is 13.7. The highest BCUT2D eigenvalue weighted by atomic mass is 32.2. The van der Waals surface area contributed by atoms with Crippen molar-refractivity contribution < 1.29 is 26.4 Å². The van der Waals surface area contributed by atoms with E-state index in [4.69, 9.17) is 5.73 Å². The summed E-state index contributed by atoms with van der Waals surface area (Å²) in [5.74, 6) is -1.10. The first kappa shape index (κ1) is 30.9. The number of sulfone groups is 1. The van der Waals surface area contributed by atoms with Gasteiger partial charge in [-0.15, -0.1) is 0 Å². The Kier molecular flexibility index (Phi) is 9.77. The highest BCUT2D eigenvalue weighted by Gasteiger charge is 2.50. The minimum Gasteiger partial charge on any atom is -0.368 e. The number of amides is 1. The predicted octanol–water partition coefficient (Wildman–Crippen LogP) is 5.70. The lowest BCUT2D eigenvalue weighted by atomic mass is 9.92. The summed E-state index contributed by atoms with van der Waals surface area (Å²) in [7, 11) is -3.40. The van der Waals surface area contributed by atoms with Gasteiger partial charge in [0.25, 0.3) is 0 Å². The molecule has 0 aliphatic carbocycles. The third-order valence-electron chi connectivity index (χ3n) is 6.61. The van der Waals surface area contributed by atoms with Crippen LogP contribution < -0.4 is 5.73 Å². The van der Waals surface area contributed by atoms with Gasteiger partial charge in [0.2, 0.25) is 5.91 Å². The van der Waals surface area contributed by atoms with E-state index in [9.17, 15) is 31.6 Å². The molecule has 3 rings (SSSR count). The number of halogens is 3. The number of hydrogen-bond acceptors (Lipinski definition) is 5. The van der Waals surface area contributed by atoms with Crippen molar-refractivity contribution >= 4 is 15.7 Å². The number of nitriles is 1. The van der Waals surface area contributed by atoms with Crippen LogP contribution in [0.25, 0.3) is 11.1 Å². The van der Waals surface area contributed by atoms with Gasteiger partial charge in [0.15, 0.2) is 9.84 Å². The van der Waals surface area contributed by atoms with Crippen LogP contribution in [0.4, 0.5) is 13.2 Å². The van der Waals surface area contributed by atoms with E-state index in [1.54, 1.807) is 56.3 Å². The normalized spacial score (nSPS) is 14.5. The van der Waals surface area contributed by atoms with E-state index < -0.39 is 40.0 Å². The Morgan fingerprint density at radius 1 is 0.950 bits per heavy atom. The maximum Gasteiger partial charge on any atom is 0.408 e. The Bertz CT molecular complexity index is 1430. The fourth-order valence-corrected chi connectivity index (χ4v) is 5.38. The van der Waals surface area contributed by atoms with Crippen molar-refractivity contribution in [1.82, 2.24) is 4.90 Å². The van der Waals surface area contributed by atoms with Gasteiger partial charge in [-0.05, 0) is 46.7 Å². The summed E-state index contributed by atoms with van der Waals surface area (Å²) >= 11 is 0. The van der Waals surface area contributed by atoms with Crippen LogP contribution in [-0.4, -0.2) is 43.7 Å². The molecule has 3 atom stereocenters. The van der Waals surface area contributed by atoms with E-state index in [2.05, 4.69) is 0 Å². The van der Waals surface area contributed by atoms with Gasteiger partial charge >= 0.3 is 6.18 Å². The monoisotopic (exact) mass is 571 g/mol. The van der Waals surface area contributed by atoms with Crippen molar-refractivity contribution in [2.45, 2.75) is 55.9 Å². The molecule has 0 spiro atoms. The molecule has 0 saturated carbocycles. The molecule has 10 heteroatoms. The summed E-state index contributed by atoms with van der Waals surface area (Å²) in [6, 6.07) is 17.4. The standard InChI is InChI=1S/C30H32F3N3O3S/c1-20(2)17-27(29(35)37)36(25(19-34)18-21-7-5-4-6-8-21)28(30(31,32)33)24-11-9-22(10-12-24)23-13-15-26(16-14-23)40(3,38)39/h4-16,20,25,27-28H,17-18H2,1-3H3,(H2,35,37)/t25-,27-,28-/m0/s1. The zero-order chi connectivity index (χ0) is 29.7. The fraction of sp³-hybridized carbons (Fsp3) is 0.333. The van der Waals surface area contributed by atoms with Gasteiger partial charge in [-0.3, -0.25) is 9.69 Å². The summed E-state index contributed by atoms with van der Waals surface area (Å²) in [6.45, 7) is 3.55. The van der Waals surface area contributed by atoms with E-state index in [1.807, 2.05) is 6.07 Å². The molecule has 0 fully saturated rings. The molecule has 2 N–H and O–H groups in total. The van der Waals surface area contributed by atoms with Crippen LogP contribution in [0.2, 0.25) is 0 Å². The molecule has 212 valence electrons. The van der Waals surface area contributed by atoms with Gasteiger partial charge in [-0.2, -0.15) is 18.4 Å². The SMILES string of the molecule is CC(C)C[C@@H](C(N)=O)N([C@H](C#N)Cc1ccccc1)[C@@H](c1ccc(-c2ccc(S(C)(=O)=O)cc2)cc1)C(F)(F)F. The molecule has 6 nitrogen and oxygen atoms in total. The topological polar surface area (TPSA) is 104 Å². The zero-order valence-electron chi connectivity index (χ0n) is 22.5. The Hall–Kier alpha value is -3.68. The largest absolute Gasteiger partial charge is 0.408 e. The number of hydrogen-bond donors (Lipinski definition) is 1. The Morgan fingerprint density at radius 3 is 1.90 bits per heavy atom. The minimum atomic E-state index is -4.84. The van der Waals surface area contributed by atoms with Crippen LogP contribution in [0.3, 0.4) is 0 Å². The van der Waals surface area contributed by atoms with Crippen LogP contribution in [0.5, 0.6) is 0 Å². The lowest BCUT2D eigenvalue weighted by Crippen LogP contribution is -2.55. The number of rotatable bonds is 11. The molecule has 1 amide bonds. The van der Waals surface area contributed by atoms with Crippen LogP contribution >= 0.6 is 0 Å². The second kappa shape index (κ2) is 12.7. The Balaban J connectivity index is 2.10. The van der Waals surface area contributed by atoms with Gasteiger partial charge in [0, 0.05) is 12.7 Å². The van der Waals surface area contributed by atoms with Crippen LogP contribution in [-0.2, 0) is 21.1 Å². The molecular formula is C30H32F3N3O3S. The van der Waals surface area contributed by atoms with Gasteiger partial charge < -0.3 is 5.73 Å². The average Bonchev–Trinajstić information content (AvgIpc) is 2.89. The van der Waals surface area contributed by atoms with Crippen LogP contribution in [0.15, 0.2) is 83.8 Å². The quantitative estimate of drug-likeness (QED) is 0.318. The second-order valence-corrected chi connectivity index (χ2v) is 12.2. The number of primary amides is 1. The highest BCUT2D eigenvalue weighted by molar-refractivity contribution is 7.90.